The predicted octanol–water partition coefficient (Wildman–Crippen LogP) is 2.94. The molecule has 1 fully saturated rings. The van der Waals surface area contributed by atoms with Crippen LogP contribution < -0.4 is 5.73 Å². The Morgan fingerprint density at radius 2 is 2.07 bits per heavy atom. The molecule has 0 bridgehead atoms. The Balaban J connectivity index is 2.13. The van der Waals surface area contributed by atoms with Crippen molar-refractivity contribution in [3.05, 3.63) is 23.2 Å². The van der Waals surface area contributed by atoms with Gasteiger partial charge in [-0.1, -0.05) is 6.92 Å². The largest absolute Gasteiger partial charge is 0.464 e. The molecular weight excluding hydrogens is 174 g/mol. The lowest BCUT2D eigenvalue weighted by Crippen LogP contribution is -2.19. The van der Waals surface area contributed by atoms with E-state index < -0.39 is 0 Å². The minimum absolute atomic E-state index is 0.0786. The number of hydrogen-bond acceptors (Lipinski definition) is 2. The normalized spacial score (nSPS) is 20.9. The maximum atomic E-state index is 6.17. The zero-order chi connectivity index (χ0) is 10.3. The molecule has 0 spiro atoms. The fourth-order valence-corrected chi connectivity index (χ4v) is 1.94. The Kier molecular flexibility index (Phi) is 2.40. The van der Waals surface area contributed by atoms with E-state index in [2.05, 4.69) is 19.9 Å². The summed E-state index contributed by atoms with van der Waals surface area (Å²) in [6.45, 7) is 6.29. The van der Waals surface area contributed by atoms with Crippen LogP contribution in [0.4, 0.5) is 0 Å². The highest BCUT2D eigenvalue weighted by Gasteiger charge is 2.33. The van der Waals surface area contributed by atoms with Crippen LogP contribution in [-0.4, -0.2) is 0 Å². The second kappa shape index (κ2) is 3.43. The monoisotopic (exact) mass is 193 g/mol. The lowest BCUT2D eigenvalue weighted by atomic mass is 9.95. The summed E-state index contributed by atoms with van der Waals surface area (Å²) in [4.78, 5) is 0. The Hall–Kier alpha value is -0.760. The zero-order valence-corrected chi connectivity index (χ0v) is 9.21. The first-order chi connectivity index (χ1) is 6.59. The van der Waals surface area contributed by atoms with Crippen LogP contribution in [0, 0.1) is 25.7 Å². The molecule has 2 unspecified atom stereocenters. The quantitative estimate of drug-likeness (QED) is 0.801. The van der Waals surface area contributed by atoms with Crippen LogP contribution in [0.25, 0.3) is 0 Å². The van der Waals surface area contributed by atoms with Gasteiger partial charge in [-0.25, -0.2) is 0 Å². The van der Waals surface area contributed by atoms with Crippen molar-refractivity contribution >= 4 is 0 Å². The van der Waals surface area contributed by atoms with Crippen LogP contribution in [-0.2, 0) is 0 Å². The van der Waals surface area contributed by atoms with Crippen molar-refractivity contribution in [3.63, 3.8) is 0 Å². The van der Waals surface area contributed by atoms with Crippen molar-refractivity contribution in [2.45, 2.75) is 39.7 Å². The standard InChI is InChI=1S/C12H19NO/c1-7-6-11(14-9(7)3)12(13)8(2)10-4-5-10/h6,8,10,12H,4-5,13H2,1-3H3. The number of hydrogen-bond donors (Lipinski definition) is 1. The van der Waals surface area contributed by atoms with Gasteiger partial charge in [-0.05, 0) is 50.2 Å². The second-order valence-electron chi connectivity index (χ2n) is 4.61. The van der Waals surface area contributed by atoms with Crippen LogP contribution in [0.5, 0.6) is 0 Å². The first kappa shape index (κ1) is 9.78. The van der Waals surface area contributed by atoms with E-state index in [9.17, 15) is 0 Å². The summed E-state index contributed by atoms with van der Waals surface area (Å²) >= 11 is 0. The van der Waals surface area contributed by atoms with Crippen LogP contribution in [0.1, 0.15) is 42.9 Å². The van der Waals surface area contributed by atoms with E-state index in [0.717, 1.165) is 17.4 Å². The highest BCUT2D eigenvalue weighted by Crippen LogP contribution is 2.42. The lowest BCUT2D eigenvalue weighted by Gasteiger charge is -2.16. The molecule has 0 aliphatic heterocycles. The SMILES string of the molecule is Cc1cc(C(N)C(C)C2CC2)oc1C. The lowest BCUT2D eigenvalue weighted by molar-refractivity contribution is 0.347. The van der Waals surface area contributed by atoms with Crippen LogP contribution in [0.3, 0.4) is 0 Å². The molecule has 78 valence electrons. The van der Waals surface area contributed by atoms with Gasteiger partial charge in [-0.15, -0.1) is 0 Å². The van der Waals surface area contributed by atoms with Gasteiger partial charge in [0.25, 0.3) is 0 Å². The summed E-state index contributed by atoms with van der Waals surface area (Å²) in [5.74, 6) is 3.34. The highest BCUT2D eigenvalue weighted by molar-refractivity contribution is 5.21. The van der Waals surface area contributed by atoms with Crippen molar-refractivity contribution in [2.75, 3.05) is 0 Å². The van der Waals surface area contributed by atoms with E-state index in [4.69, 9.17) is 10.2 Å². The summed E-state index contributed by atoms with van der Waals surface area (Å²) in [6.07, 6.45) is 2.68. The molecule has 0 aromatic carbocycles. The molecule has 2 atom stereocenters. The predicted molar refractivity (Wildman–Crippen MR) is 57.0 cm³/mol. The average Bonchev–Trinajstić information content (AvgIpc) is 2.93. The fraction of sp³-hybridized carbons (Fsp3) is 0.667. The maximum absolute atomic E-state index is 6.17. The molecule has 2 nitrogen and oxygen atoms in total. The second-order valence-corrected chi connectivity index (χ2v) is 4.61. The third kappa shape index (κ3) is 1.71. The van der Waals surface area contributed by atoms with E-state index in [1.807, 2.05) is 6.92 Å². The van der Waals surface area contributed by atoms with Gasteiger partial charge in [0, 0.05) is 0 Å². The topological polar surface area (TPSA) is 39.2 Å². The molecule has 1 aliphatic rings. The Labute approximate surface area is 85.5 Å². The molecule has 14 heavy (non-hydrogen) atoms. The number of aryl methyl sites for hydroxylation is 2. The van der Waals surface area contributed by atoms with Crippen molar-refractivity contribution in [2.24, 2.45) is 17.6 Å². The van der Waals surface area contributed by atoms with Gasteiger partial charge in [0.2, 0.25) is 0 Å². The maximum Gasteiger partial charge on any atom is 0.121 e. The van der Waals surface area contributed by atoms with Crippen molar-refractivity contribution in [1.82, 2.24) is 0 Å². The Bertz CT molecular complexity index is 306. The van der Waals surface area contributed by atoms with Crippen molar-refractivity contribution in [3.8, 4) is 0 Å². The highest BCUT2D eigenvalue weighted by atomic mass is 16.3. The van der Waals surface area contributed by atoms with Gasteiger partial charge in [-0.3, -0.25) is 0 Å². The molecule has 2 heteroatoms. The Morgan fingerprint density at radius 3 is 2.50 bits per heavy atom. The van der Waals surface area contributed by atoms with Gasteiger partial charge in [0.1, 0.15) is 11.5 Å². The van der Waals surface area contributed by atoms with Gasteiger partial charge in [0.05, 0.1) is 6.04 Å². The third-order valence-electron chi connectivity index (χ3n) is 3.45. The number of rotatable bonds is 3. The molecule has 1 aromatic rings. The van der Waals surface area contributed by atoms with E-state index in [1.165, 1.54) is 18.4 Å². The van der Waals surface area contributed by atoms with Gasteiger partial charge in [-0.2, -0.15) is 0 Å². The smallest absolute Gasteiger partial charge is 0.121 e. The Morgan fingerprint density at radius 1 is 1.43 bits per heavy atom. The molecular formula is C12H19NO. The molecule has 1 heterocycles. The third-order valence-corrected chi connectivity index (χ3v) is 3.45. The molecule has 1 saturated carbocycles. The summed E-state index contributed by atoms with van der Waals surface area (Å²) in [7, 11) is 0. The molecule has 2 N–H and O–H groups in total. The van der Waals surface area contributed by atoms with Crippen molar-refractivity contribution < 1.29 is 4.42 Å². The average molecular weight is 193 g/mol. The zero-order valence-electron chi connectivity index (χ0n) is 9.21. The van der Waals surface area contributed by atoms with Crippen LogP contribution in [0.2, 0.25) is 0 Å². The summed E-state index contributed by atoms with van der Waals surface area (Å²) in [6, 6.07) is 2.16. The molecule has 1 aliphatic carbocycles. The molecule has 0 radical (unpaired) electrons. The van der Waals surface area contributed by atoms with Crippen LogP contribution in [0.15, 0.2) is 10.5 Å². The molecule has 0 saturated heterocycles. The van der Waals surface area contributed by atoms with Gasteiger partial charge < -0.3 is 10.2 Å². The summed E-state index contributed by atoms with van der Waals surface area (Å²) < 4.78 is 5.65. The van der Waals surface area contributed by atoms with E-state index in [0.29, 0.717) is 5.92 Å². The fourth-order valence-electron chi connectivity index (χ4n) is 1.94. The molecule has 1 aromatic heterocycles. The summed E-state index contributed by atoms with van der Waals surface area (Å²) in [5, 5.41) is 0. The van der Waals surface area contributed by atoms with E-state index in [-0.39, 0.29) is 6.04 Å². The minimum atomic E-state index is 0.0786. The first-order valence-electron chi connectivity index (χ1n) is 5.42. The molecule has 2 rings (SSSR count). The first-order valence-corrected chi connectivity index (χ1v) is 5.42. The van der Waals surface area contributed by atoms with Gasteiger partial charge >= 0.3 is 0 Å². The number of nitrogens with two attached hydrogens (primary N) is 1. The van der Waals surface area contributed by atoms with Gasteiger partial charge in [0.15, 0.2) is 0 Å². The molecule has 0 amide bonds. The van der Waals surface area contributed by atoms with E-state index in [1.54, 1.807) is 0 Å². The minimum Gasteiger partial charge on any atom is -0.464 e. The van der Waals surface area contributed by atoms with E-state index >= 15 is 0 Å². The van der Waals surface area contributed by atoms with Crippen molar-refractivity contribution in [1.29, 1.82) is 0 Å². The summed E-state index contributed by atoms with van der Waals surface area (Å²) in [5.41, 5.74) is 7.37. The van der Waals surface area contributed by atoms with Crippen LogP contribution >= 0.6 is 0 Å². The number of furan rings is 1.